The zero-order valence-corrected chi connectivity index (χ0v) is 10.4. The summed E-state index contributed by atoms with van der Waals surface area (Å²) >= 11 is 1.81. The highest BCUT2D eigenvalue weighted by atomic mass is 32.1. The van der Waals surface area contributed by atoms with Crippen LogP contribution in [0.2, 0.25) is 0 Å². The Morgan fingerprint density at radius 2 is 2.06 bits per heavy atom. The SMILES string of the molecule is Oc1ccc2sc(CN3CCOCC3)cc2c1. The molecule has 0 radical (unpaired) electrons. The van der Waals surface area contributed by atoms with Gasteiger partial charge in [-0.05, 0) is 29.7 Å². The van der Waals surface area contributed by atoms with E-state index in [9.17, 15) is 5.11 Å². The molecule has 4 heteroatoms. The minimum Gasteiger partial charge on any atom is -0.508 e. The van der Waals surface area contributed by atoms with E-state index < -0.39 is 0 Å². The minimum absolute atomic E-state index is 0.341. The molecule has 1 N–H and O–H groups in total. The van der Waals surface area contributed by atoms with Crippen molar-refractivity contribution in [3.05, 3.63) is 29.1 Å². The van der Waals surface area contributed by atoms with Gasteiger partial charge in [0.25, 0.3) is 0 Å². The van der Waals surface area contributed by atoms with E-state index in [1.165, 1.54) is 9.58 Å². The fourth-order valence-electron chi connectivity index (χ4n) is 2.14. The molecule has 2 heterocycles. The van der Waals surface area contributed by atoms with Crippen LogP contribution in [-0.4, -0.2) is 36.3 Å². The average Bonchev–Trinajstić information content (AvgIpc) is 2.71. The maximum atomic E-state index is 9.44. The van der Waals surface area contributed by atoms with Crippen LogP contribution >= 0.6 is 11.3 Å². The van der Waals surface area contributed by atoms with Crippen LogP contribution < -0.4 is 0 Å². The molecule has 17 heavy (non-hydrogen) atoms. The Morgan fingerprint density at radius 1 is 1.24 bits per heavy atom. The summed E-state index contributed by atoms with van der Waals surface area (Å²) in [5, 5.41) is 10.6. The lowest BCUT2D eigenvalue weighted by Gasteiger charge is -2.25. The molecule has 0 atom stereocenters. The number of thiophene rings is 1. The van der Waals surface area contributed by atoms with Crippen molar-refractivity contribution >= 4 is 21.4 Å². The molecule has 1 aliphatic rings. The van der Waals surface area contributed by atoms with E-state index in [0.29, 0.717) is 5.75 Å². The van der Waals surface area contributed by atoms with Crippen LogP contribution in [0.4, 0.5) is 0 Å². The summed E-state index contributed by atoms with van der Waals surface area (Å²) in [6, 6.07) is 7.74. The van der Waals surface area contributed by atoms with Gasteiger partial charge < -0.3 is 9.84 Å². The van der Waals surface area contributed by atoms with Gasteiger partial charge >= 0.3 is 0 Å². The average molecular weight is 249 g/mol. The van der Waals surface area contributed by atoms with E-state index >= 15 is 0 Å². The standard InChI is InChI=1S/C13H15NO2S/c15-11-1-2-13-10(7-11)8-12(17-13)9-14-3-5-16-6-4-14/h1-2,7-8,15H,3-6,9H2. The van der Waals surface area contributed by atoms with Crippen molar-refractivity contribution in [2.45, 2.75) is 6.54 Å². The quantitative estimate of drug-likeness (QED) is 0.887. The molecular formula is C13H15NO2S. The van der Waals surface area contributed by atoms with Gasteiger partial charge in [0.2, 0.25) is 0 Å². The molecule has 0 unspecified atom stereocenters. The molecule has 0 saturated carbocycles. The normalized spacial score (nSPS) is 17.6. The van der Waals surface area contributed by atoms with Crippen molar-refractivity contribution in [3.8, 4) is 5.75 Å². The van der Waals surface area contributed by atoms with Crippen LogP contribution in [-0.2, 0) is 11.3 Å². The number of nitrogens with zero attached hydrogens (tertiary/aromatic N) is 1. The fraction of sp³-hybridized carbons (Fsp3) is 0.385. The third-order valence-corrected chi connectivity index (χ3v) is 4.13. The van der Waals surface area contributed by atoms with Gasteiger partial charge in [-0.3, -0.25) is 4.90 Å². The molecule has 0 amide bonds. The third kappa shape index (κ3) is 2.44. The first-order chi connectivity index (χ1) is 8.31. The van der Waals surface area contributed by atoms with Crippen molar-refractivity contribution in [2.75, 3.05) is 26.3 Å². The maximum absolute atomic E-state index is 9.44. The summed E-state index contributed by atoms with van der Waals surface area (Å²) < 4.78 is 6.58. The number of morpholine rings is 1. The predicted octanol–water partition coefficient (Wildman–Crippen LogP) is 2.44. The highest BCUT2D eigenvalue weighted by Gasteiger charge is 2.12. The second-order valence-corrected chi connectivity index (χ2v) is 5.49. The topological polar surface area (TPSA) is 32.7 Å². The maximum Gasteiger partial charge on any atom is 0.116 e. The number of hydrogen-bond donors (Lipinski definition) is 1. The van der Waals surface area contributed by atoms with E-state index in [0.717, 1.165) is 38.2 Å². The first-order valence-electron chi connectivity index (χ1n) is 5.83. The fourth-order valence-corrected chi connectivity index (χ4v) is 3.23. The summed E-state index contributed by atoms with van der Waals surface area (Å²) in [6.07, 6.45) is 0. The zero-order chi connectivity index (χ0) is 11.7. The van der Waals surface area contributed by atoms with Crippen molar-refractivity contribution in [1.29, 1.82) is 0 Å². The lowest BCUT2D eigenvalue weighted by atomic mass is 10.2. The number of fused-ring (bicyclic) bond motifs is 1. The smallest absolute Gasteiger partial charge is 0.116 e. The second-order valence-electron chi connectivity index (χ2n) is 4.32. The van der Waals surface area contributed by atoms with E-state index in [1.807, 2.05) is 12.1 Å². The molecule has 3 rings (SSSR count). The van der Waals surface area contributed by atoms with Crippen LogP contribution in [0.3, 0.4) is 0 Å². The van der Waals surface area contributed by atoms with Crippen LogP contribution in [0.15, 0.2) is 24.3 Å². The highest BCUT2D eigenvalue weighted by molar-refractivity contribution is 7.19. The number of benzene rings is 1. The van der Waals surface area contributed by atoms with Gasteiger partial charge in [-0.25, -0.2) is 0 Å². The molecule has 0 aliphatic carbocycles. The summed E-state index contributed by atoms with van der Waals surface area (Å²) in [5.41, 5.74) is 0. The Bertz CT molecular complexity index is 517. The summed E-state index contributed by atoms with van der Waals surface area (Å²) in [7, 11) is 0. The van der Waals surface area contributed by atoms with Crippen LogP contribution in [0.25, 0.3) is 10.1 Å². The van der Waals surface area contributed by atoms with Crippen molar-refractivity contribution in [1.82, 2.24) is 4.90 Å². The molecule has 0 bridgehead atoms. The van der Waals surface area contributed by atoms with Crippen LogP contribution in [0.1, 0.15) is 4.88 Å². The van der Waals surface area contributed by atoms with E-state index in [4.69, 9.17) is 4.74 Å². The molecule has 2 aromatic rings. The van der Waals surface area contributed by atoms with Gasteiger partial charge in [-0.15, -0.1) is 11.3 Å². The van der Waals surface area contributed by atoms with Gasteiger partial charge in [-0.2, -0.15) is 0 Å². The van der Waals surface area contributed by atoms with E-state index in [1.54, 1.807) is 17.4 Å². The van der Waals surface area contributed by atoms with Crippen molar-refractivity contribution < 1.29 is 9.84 Å². The molecule has 3 nitrogen and oxygen atoms in total. The third-order valence-electron chi connectivity index (χ3n) is 3.03. The highest BCUT2D eigenvalue weighted by Crippen LogP contribution is 2.29. The molecule has 1 fully saturated rings. The molecule has 1 aliphatic heterocycles. The number of phenols is 1. The minimum atomic E-state index is 0.341. The van der Waals surface area contributed by atoms with Crippen LogP contribution in [0.5, 0.6) is 5.75 Å². The van der Waals surface area contributed by atoms with Crippen molar-refractivity contribution in [3.63, 3.8) is 0 Å². The molecule has 1 aromatic carbocycles. The van der Waals surface area contributed by atoms with Crippen molar-refractivity contribution in [2.24, 2.45) is 0 Å². The second kappa shape index (κ2) is 4.64. The summed E-state index contributed by atoms with van der Waals surface area (Å²) in [5.74, 6) is 0.341. The Balaban J connectivity index is 1.80. The Kier molecular flexibility index (Phi) is 3.01. The molecular weight excluding hydrogens is 234 g/mol. The van der Waals surface area contributed by atoms with Gasteiger partial charge in [0.1, 0.15) is 5.75 Å². The Morgan fingerprint density at radius 3 is 2.88 bits per heavy atom. The predicted molar refractivity (Wildman–Crippen MR) is 69.6 cm³/mol. The number of rotatable bonds is 2. The van der Waals surface area contributed by atoms with Gasteiger partial charge in [-0.1, -0.05) is 0 Å². The number of hydrogen-bond acceptors (Lipinski definition) is 4. The monoisotopic (exact) mass is 249 g/mol. The Labute approximate surface area is 104 Å². The number of phenolic OH excluding ortho intramolecular Hbond substituents is 1. The number of ether oxygens (including phenoxy) is 1. The lowest BCUT2D eigenvalue weighted by Crippen LogP contribution is -2.35. The largest absolute Gasteiger partial charge is 0.508 e. The first kappa shape index (κ1) is 11.0. The molecule has 90 valence electrons. The molecule has 1 saturated heterocycles. The van der Waals surface area contributed by atoms with E-state index in [2.05, 4.69) is 11.0 Å². The molecule has 1 aromatic heterocycles. The van der Waals surface area contributed by atoms with Gasteiger partial charge in [0.05, 0.1) is 13.2 Å². The zero-order valence-electron chi connectivity index (χ0n) is 9.56. The van der Waals surface area contributed by atoms with Gasteiger partial charge in [0, 0.05) is 29.2 Å². The van der Waals surface area contributed by atoms with Crippen LogP contribution in [0, 0.1) is 0 Å². The first-order valence-corrected chi connectivity index (χ1v) is 6.64. The summed E-state index contributed by atoms with van der Waals surface area (Å²) in [6.45, 7) is 4.69. The van der Waals surface area contributed by atoms with E-state index in [-0.39, 0.29) is 0 Å². The summed E-state index contributed by atoms with van der Waals surface area (Å²) in [4.78, 5) is 3.76. The Hall–Kier alpha value is -1.10. The number of aromatic hydroxyl groups is 1. The molecule has 0 spiro atoms. The lowest BCUT2D eigenvalue weighted by molar-refractivity contribution is 0.0346. The van der Waals surface area contributed by atoms with Gasteiger partial charge in [0.15, 0.2) is 0 Å².